The number of likely N-dealkylation sites (tertiary alicyclic amines) is 1. The van der Waals surface area contributed by atoms with E-state index in [2.05, 4.69) is 17.1 Å². The van der Waals surface area contributed by atoms with Crippen molar-refractivity contribution in [2.45, 2.75) is 62.5 Å². The maximum atomic E-state index is 14.0. The third-order valence-electron chi connectivity index (χ3n) is 8.41. The third kappa shape index (κ3) is 8.03. The van der Waals surface area contributed by atoms with Gasteiger partial charge >= 0.3 is 0 Å². The lowest BCUT2D eigenvalue weighted by Crippen LogP contribution is -2.62. The summed E-state index contributed by atoms with van der Waals surface area (Å²) in [5, 5.41) is 2.98. The van der Waals surface area contributed by atoms with Crippen molar-refractivity contribution in [3.8, 4) is 5.75 Å². The Hall–Kier alpha value is -3.24. The van der Waals surface area contributed by atoms with E-state index in [9.17, 15) is 13.2 Å². The number of hydrogen-bond donors (Lipinski definition) is 1. The molecule has 1 spiro atoms. The molecule has 2 saturated heterocycles. The number of piperidine rings is 1. The Bertz CT molecular complexity index is 1440. The number of aryl methyl sites for hydroxylation is 1. The summed E-state index contributed by atoms with van der Waals surface area (Å²) in [6.45, 7) is 6.97. The van der Waals surface area contributed by atoms with Crippen LogP contribution in [0.3, 0.4) is 0 Å². The highest BCUT2D eigenvalue weighted by molar-refractivity contribution is 7.89. The van der Waals surface area contributed by atoms with Crippen molar-refractivity contribution < 1.29 is 22.7 Å². The number of nitrogens with one attached hydrogen (secondary N) is 1. The van der Waals surface area contributed by atoms with Crippen molar-refractivity contribution in [2.24, 2.45) is 0 Å². The summed E-state index contributed by atoms with van der Waals surface area (Å²) < 4.78 is 41.9. The van der Waals surface area contributed by atoms with E-state index in [1.165, 1.54) is 0 Å². The Morgan fingerprint density at radius 3 is 2.37 bits per heavy atom. The fourth-order valence-corrected chi connectivity index (χ4v) is 7.47. The number of unbranched alkanes of at least 4 members (excludes halogenated alkanes) is 1. The number of amides is 1. The lowest BCUT2D eigenvalue weighted by Gasteiger charge is -2.49. The first kappa shape index (κ1) is 31.2. The first-order valence-corrected chi connectivity index (χ1v) is 16.7. The maximum absolute atomic E-state index is 14.0. The molecule has 3 aromatic rings. The number of rotatable bonds is 11. The van der Waals surface area contributed by atoms with Gasteiger partial charge < -0.3 is 14.8 Å². The molecule has 0 radical (unpaired) electrons. The van der Waals surface area contributed by atoms with Gasteiger partial charge in [0.05, 0.1) is 36.3 Å². The number of morpholine rings is 1. The van der Waals surface area contributed by atoms with Crippen LogP contribution in [0.15, 0.2) is 83.8 Å². The first-order valence-electron chi connectivity index (χ1n) is 15.3. The standard InChI is InChI=1S/C34H43N3O5S/c1-3-4-22-41-31-14-12-29(13-15-31)35-33(38)24-36-20-18-34(19-21-36)26-37(43(39,40)32-16-10-27(2)11-17-32)30(25-42-34)23-28-8-6-5-7-9-28/h5-17,30H,3-4,18-26H2,1-2H3,(H,35,38)/t30-/m1/s1. The second kappa shape index (κ2) is 14.0. The van der Waals surface area contributed by atoms with E-state index in [4.69, 9.17) is 9.47 Å². The fourth-order valence-electron chi connectivity index (χ4n) is 5.78. The Labute approximate surface area is 256 Å². The lowest BCUT2D eigenvalue weighted by molar-refractivity contribution is -0.139. The van der Waals surface area contributed by atoms with Gasteiger partial charge in [-0.2, -0.15) is 4.31 Å². The molecule has 0 aliphatic carbocycles. The number of benzene rings is 3. The largest absolute Gasteiger partial charge is 0.494 e. The smallest absolute Gasteiger partial charge is 0.243 e. The summed E-state index contributed by atoms with van der Waals surface area (Å²) in [5.74, 6) is 0.719. The van der Waals surface area contributed by atoms with Crippen LogP contribution in [-0.4, -0.2) is 74.6 Å². The highest BCUT2D eigenvalue weighted by atomic mass is 32.2. The van der Waals surface area contributed by atoms with Crippen LogP contribution in [0.4, 0.5) is 5.69 Å². The van der Waals surface area contributed by atoms with E-state index in [1.54, 1.807) is 16.4 Å². The predicted molar refractivity (Wildman–Crippen MR) is 169 cm³/mol. The predicted octanol–water partition coefficient (Wildman–Crippen LogP) is 5.28. The molecule has 9 heteroatoms. The number of anilines is 1. The van der Waals surface area contributed by atoms with Gasteiger partial charge in [0.25, 0.3) is 0 Å². The van der Waals surface area contributed by atoms with Crippen molar-refractivity contribution in [3.05, 3.63) is 90.0 Å². The molecule has 0 bridgehead atoms. The molecule has 0 saturated carbocycles. The number of nitrogens with zero attached hydrogens (tertiary/aromatic N) is 2. The zero-order valence-corrected chi connectivity index (χ0v) is 26.0. The van der Waals surface area contributed by atoms with Crippen molar-refractivity contribution in [2.75, 3.05) is 44.7 Å². The van der Waals surface area contributed by atoms with Gasteiger partial charge in [0.2, 0.25) is 15.9 Å². The van der Waals surface area contributed by atoms with Gasteiger partial charge in [0.1, 0.15) is 5.75 Å². The zero-order chi connectivity index (χ0) is 30.3. The van der Waals surface area contributed by atoms with E-state index >= 15 is 0 Å². The first-order chi connectivity index (χ1) is 20.8. The van der Waals surface area contributed by atoms with E-state index in [-0.39, 0.29) is 18.5 Å². The summed E-state index contributed by atoms with van der Waals surface area (Å²) in [4.78, 5) is 15.2. The molecule has 2 aliphatic rings. The van der Waals surface area contributed by atoms with Gasteiger partial charge in [0, 0.05) is 25.3 Å². The summed E-state index contributed by atoms with van der Waals surface area (Å²) in [6.07, 6.45) is 3.98. The molecule has 0 unspecified atom stereocenters. The molecule has 2 fully saturated rings. The molecule has 1 amide bonds. The molecule has 1 N–H and O–H groups in total. The monoisotopic (exact) mass is 605 g/mol. The number of carbonyl (C=O) groups is 1. The molecule has 5 rings (SSSR count). The SMILES string of the molecule is CCCCOc1ccc(NC(=O)CN2CCC3(CC2)CN(S(=O)(=O)c2ccc(C)cc2)[C@H](Cc2ccccc2)CO3)cc1. The van der Waals surface area contributed by atoms with Crippen LogP contribution < -0.4 is 10.1 Å². The van der Waals surface area contributed by atoms with Crippen molar-refractivity contribution in [1.29, 1.82) is 0 Å². The van der Waals surface area contributed by atoms with Gasteiger partial charge in [-0.1, -0.05) is 61.4 Å². The zero-order valence-electron chi connectivity index (χ0n) is 25.2. The molecule has 8 nitrogen and oxygen atoms in total. The van der Waals surface area contributed by atoms with Crippen molar-refractivity contribution in [3.63, 3.8) is 0 Å². The topological polar surface area (TPSA) is 88.2 Å². The second-order valence-corrected chi connectivity index (χ2v) is 13.6. The molecule has 230 valence electrons. The summed E-state index contributed by atoms with van der Waals surface area (Å²) in [6, 6.07) is 24.2. The second-order valence-electron chi connectivity index (χ2n) is 11.8. The van der Waals surface area contributed by atoms with E-state index < -0.39 is 15.6 Å². The number of ether oxygens (including phenoxy) is 2. The minimum absolute atomic E-state index is 0.0772. The number of hydrogen-bond acceptors (Lipinski definition) is 6. The third-order valence-corrected chi connectivity index (χ3v) is 10.3. The molecule has 3 aromatic carbocycles. The number of carbonyl (C=O) groups excluding carboxylic acids is 1. The van der Waals surface area contributed by atoms with Crippen LogP contribution in [0.5, 0.6) is 5.75 Å². The van der Waals surface area contributed by atoms with Crippen LogP contribution in [0.2, 0.25) is 0 Å². The molecule has 43 heavy (non-hydrogen) atoms. The van der Waals surface area contributed by atoms with Gasteiger partial charge in [-0.15, -0.1) is 0 Å². The van der Waals surface area contributed by atoms with Crippen LogP contribution in [0, 0.1) is 6.92 Å². The van der Waals surface area contributed by atoms with E-state index in [0.29, 0.717) is 57.0 Å². The van der Waals surface area contributed by atoms with Crippen molar-refractivity contribution >= 4 is 21.6 Å². The fraction of sp³-hybridized carbons (Fsp3) is 0.441. The molecule has 2 aliphatic heterocycles. The Morgan fingerprint density at radius 2 is 1.70 bits per heavy atom. The Balaban J connectivity index is 1.21. The Kier molecular flexibility index (Phi) is 10.2. The highest BCUT2D eigenvalue weighted by Gasteiger charge is 2.47. The average Bonchev–Trinajstić information content (AvgIpc) is 3.01. The van der Waals surface area contributed by atoms with E-state index in [1.807, 2.05) is 73.7 Å². The molecule has 1 atom stereocenters. The minimum atomic E-state index is -3.73. The van der Waals surface area contributed by atoms with E-state index in [0.717, 1.165) is 35.4 Å². The van der Waals surface area contributed by atoms with Gasteiger partial charge in [-0.25, -0.2) is 8.42 Å². The van der Waals surface area contributed by atoms with Crippen LogP contribution >= 0.6 is 0 Å². The number of sulfonamides is 1. The average molecular weight is 606 g/mol. The maximum Gasteiger partial charge on any atom is 0.243 e. The van der Waals surface area contributed by atoms with Crippen LogP contribution in [-0.2, 0) is 26.0 Å². The van der Waals surface area contributed by atoms with Crippen molar-refractivity contribution in [1.82, 2.24) is 9.21 Å². The highest BCUT2D eigenvalue weighted by Crippen LogP contribution is 2.36. The molecule has 0 aromatic heterocycles. The summed E-state index contributed by atoms with van der Waals surface area (Å²) >= 11 is 0. The van der Waals surface area contributed by atoms with Gasteiger partial charge in [0.15, 0.2) is 0 Å². The Morgan fingerprint density at radius 1 is 1.00 bits per heavy atom. The summed E-state index contributed by atoms with van der Waals surface area (Å²) in [5.41, 5.74) is 2.25. The quantitative estimate of drug-likeness (QED) is 0.300. The van der Waals surface area contributed by atoms with Gasteiger partial charge in [-0.05, 0) is 74.6 Å². The molecule has 2 heterocycles. The minimum Gasteiger partial charge on any atom is -0.494 e. The summed E-state index contributed by atoms with van der Waals surface area (Å²) in [7, 11) is -3.73. The normalized spacial score (nSPS) is 19.3. The molecular weight excluding hydrogens is 562 g/mol. The van der Waals surface area contributed by atoms with Crippen LogP contribution in [0.25, 0.3) is 0 Å². The molecular formula is C34H43N3O5S. The van der Waals surface area contributed by atoms with Gasteiger partial charge in [-0.3, -0.25) is 9.69 Å². The lowest BCUT2D eigenvalue weighted by atomic mass is 9.88. The van der Waals surface area contributed by atoms with Crippen LogP contribution in [0.1, 0.15) is 43.7 Å².